The molecule has 0 spiro atoms. The lowest BCUT2D eigenvalue weighted by Gasteiger charge is -2.26. The van der Waals surface area contributed by atoms with E-state index in [1.54, 1.807) is 26.8 Å². The van der Waals surface area contributed by atoms with Crippen LogP contribution >= 0.6 is 11.6 Å². The Bertz CT molecular complexity index is 719. The largest absolute Gasteiger partial charge is 0.506 e. The van der Waals surface area contributed by atoms with Crippen LogP contribution in [0, 0.1) is 17.2 Å². The normalized spacial score (nSPS) is 17.7. The van der Waals surface area contributed by atoms with Crippen molar-refractivity contribution in [1.29, 1.82) is 5.26 Å². The van der Waals surface area contributed by atoms with Crippen LogP contribution in [0.1, 0.15) is 32.8 Å². The summed E-state index contributed by atoms with van der Waals surface area (Å²) in [7, 11) is 0. The average Bonchev–Trinajstić information content (AvgIpc) is 2.57. The minimum atomic E-state index is -0.995. The number of benzene rings is 1. The quantitative estimate of drug-likeness (QED) is 0.503. The topological polar surface area (TPSA) is 90.6 Å². The summed E-state index contributed by atoms with van der Waals surface area (Å²) >= 11 is 5.94. The van der Waals surface area contributed by atoms with Gasteiger partial charge >= 0.3 is 5.97 Å². The predicted molar refractivity (Wildman–Crippen MR) is 88.7 cm³/mol. The third-order valence-corrected chi connectivity index (χ3v) is 3.93. The average molecular weight is 351 g/mol. The number of esters is 1. The Morgan fingerprint density at radius 3 is 2.75 bits per heavy atom. The highest BCUT2D eigenvalue weighted by Gasteiger charge is 2.37. The lowest BCUT2D eigenvalue weighted by Crippen LogP contribution is -2.41. The van der Waals surface area contributed by atoms with Crippen molar-refractivity contribution in [2.24, 2.45) is 5.92 Å². The summed E-state index contributed by atoms with van der Waals surface area (Å²) in [6, 6.07) is 4.83. The van der Waals surface area contributed by atoms with Crippen LogP contribution in [0.4, 0.5) is 5.69 Å². The molecule has 1 N–H and O–H groups in total. The van der Waals surface area contributed by atoms with Gasteiger partial charge in [-0.15, -0.1) is 0 Å². The van der Waals surface area contributed by atoms with E-state index in [0.29, 0.717) is 17.7 Å². The molecule has 1 unspecified atom stereocenters. The first-order valence-electron chi connectivity index (χ1n) is 7.56. The number of anilines is 1. The van der Waals surface area contributed by atoms with Gasteiger partial charge in [0.1, 0.15) is 23.8 Å². The van der Waals surface area contributed by atoms with Crippen LogP contribution in [0.25, 0.3) is 0 Å². The van der Waals surface area contributed by atoms with Crippen LogP contribution < -0.4 is 4.90 Å². The number of hydrogen-bond donors (Lipinski definition) is 1. The maximum atomic E-state index is 12.8. The second-order valence-corrected chi connectivity index (χ2v) is 7.05. The monoisotopic (exact) mass is 350 g/mol. The van der Waals surface area contributed by atoms with Crippen molar-refractivity contribution in [2.45, 2.75) is 39.2 Å². The van der Waals surface area contributed by atoms with Crippen LogP contribution in [0.5, 0.6) is 5.75 Å². The molecule has 0 saturated carbocycles. The molecule has 0 aromatic heterocycles. The molecule has 0 fully saturated rings. The molecule has 128 valence electrons. The lowest BCUT2D eigenvalue weighted by atomic mass is 10.00. The zero-order valence-corrected chi connectivity index (χ0v) is 14.6. The highest BCUT2D eigenvalue weighted by Crippen LogP contribution is 2.37. The summed E-state index contributed by atoms with van der Waals surface area (Å²) in [6.07, 6.45) is 0.663. The number of hydrogen-bond acceptors (Lipinski definition) is 5. The second-order valence-electron chi connectivity index (χ2n) is 6.64. The Labute approximate surface area is 145 Å². The fourth-order valence-corrected chi connectivity index (χ4v) is 2.79. The zero-order valence-electron chi connectivity index (χ0n) is 13.8. The number of phenols is 1. The van der Waals surface area contributed by atoms with E-state index >= 15 is 0 Å². The molecule has 2 rings (SSSR count). The maximum Gasteiger partial charge on any atom is 0.319 e. The number of ether oxygens (including phenoxy) is 1. The Hall–Kier alpha value is -2.26. The molecular weight excluding hydrogens is 332 g/mol. The molecule has 1 aliphatic rings. The Balaban J connectivity index is 2.42. The van der Waals surface area contributed by atoms with Crippen molar-refractivity contribution in [1.82, 2.24) is 0 Å². The number of amides is 1. The first-order valence-corrected chi connectivity index (χ1v) is 7.94. The van der Waals surface area contributed by atoms with Gasteiger partial charge in [-0.25, -0.2) is 0 Å². The molecule has 0 saturated heterocycles. The number of carbonyl (C=O) groups is 2. The van der Waals surface area contributed by atoms with Crippen molar-refractivity contribution in [3.8, 4) is 11.8 Å². The van der Waals surface area contributed by atoms with E-state index in [1.165, 1.54) is 11.0 Å². The van der Waals surface area contributed by atoms with Gasteiger partial charge in [0.25, 0.3) is 0 Å². The van der Waals surface area contributed by atoms with Gasteiger partial charge in [0.05, 0.1) is 16.8 Å². The van der Waals surface area contributed by atoms with Crippen molar-refractivity contribution >= 4 is 29.2 Å². The molecule has 0 bridgehead atoms. The molecule has 0 aliphatic carbocycles. The van der Waals surface area contributed by atoms with Gasteiger partial charge in [0, 0.05) is 6.07 Å². The van der Waals surface area contributed by atoms with Crippen molar-refractivity contribution < 1.29 is 19.4 Å². The molecular formula is C17H19ClN2O4. The van der Waals surface area contributed by atoms with Gasteiger partial charge in [-0.05, 0) is 45.2 Å². The molecule has 1 aromatic carbocycles. The highest BCUT2D eigenvalue weighted by atomic mass is 35.5. The molecule has 7 heteroatoms. The summed E-state index contributed by atoms with van der Waals surface area (Å²) in [5.74, 6) is -2.29. The molecule has 1 aromatic rings. The highest BCUT2D eigenvalue weighted by molar-refractivity contribution is 6.32. The number of rotatable bonds is 2. The van der Waals surface area contributed by atoms with Crippen LogP contribution in [0.15, 0.2) is 12.1 Å². The van der Waals surface area contributed by atoms with E-state index in [9.17, 15) is 14.7 Å². The Morgan fingerprint density at radius 2 is 2.17 bits per heavy atom. The van der Waals surface area contributed by atoms with E-state index < -0.39 is 23.4 Å². The van der Waals surface area contributed by atoms with Gasteiger partial charge in [-0.3, -0.25) is 14.5 Å². The maximum absolute atomic E-state index is 12.8. The summed E-state index contributed by atoms with van der Waals surface area (Å²) in [5.41, 5.74) is 0.389. The van der Waals surface area contributed by atoms with E-state index in [-0.39, 0.29) is 23.7 Å². The smallest absolute Gasteiger partial charge is 0.319 e. The number of aromatic hydroxyl groups is 1. The van der Waals surface area contributed by atoms with Crippen LogP contribution in [0.2, 0.25) is 5.02 Å². The van der Waals surface area contributed by atoms with Crippen LogP contribution in [-0.2, 0) is 20.7 Å². The SMILES string of the molecule is CC(C)(C)OC(=O)C1CCc2cc(Cl)c(O)cc2N(CC#N)C1=O. The minimum absolute atomic E-state index is 0.161. The third-order valence-electron chi connectivity index (χ3n) is 3.63. The molecule has 1 heterocycles. The number of fused-ring (bicyclic) bond motifs is 1. The van der Waals surface area contributed by atoms with Crippen molar-refractivity contribution in [3.05, 3.63) is 22.7 Å². The molecule has 0 radical (unpaired) electrons. The summed E-state index contributed by atoms with van der Waals surface area (Å²) in [5, 5.41) is 19.0. The number of phenolic OH excluding ortho intramolecular Hbond substituents is 1. The van der Waals surface area contributed by atoms with Crippen LogP contribution in [0.3, 0.4) is 0 Å². The summed E-state index contributed by atoms with van der Waals surface area (Å²) < 4.78 is 5.33. The zero-order chi connectivity index (χ0) is 18.1. The molecule has 24 heavy (non-hydrogen) atoms. The van der Waals surface area contributed by atoms with E-state index in [2.05, 4.69) is 0 Å². The predicted octanol–water partition coefficient (Wildman–Crippen LogP) is 2.81. The Kier molecular flexibility index (Phi) is 5.05. The first kappa shape index (κ1) is 18.1. The minimum Gasteiger partial charge on any atom is -0.506 e. The van der Waals surface area contributed by atoms with E-state index in [0.717, 1.165) is 0 Å². The fraction of sp³-hybridized carbons (Fsp3) is 0.471. The Morgan fingerprint density at radius 1 is 1.50 bits per heavy atom. The van der Waals surface area contributed by atoms with Gasteiger partial charge < -0.3 is 9.84 Å². The van der Waals surface area contributed by atoms with E-state index in [1.807, 2.05) is 6.07 Å². The third kappa shape index (κ3) is 3.80. The van der Waals surface area contributed by atoms with Crippen molar-refractivity contribution in [3.63, 3.8) is 0 Å². The van der Waals surface area contributed by atoms with Gasteiger partial charge in [-0.1, -0.05) is 11.6 Å². The molecule has 1 aliphatic heterocycles. The fourth-order valence-electron chi connectivity index (χ4n) is 2.60. The lowest BCUT2D eigenvalue weighted by molar-refractivity contribution is -0.162. The van der Waals surface area contributed by atoms with Crippen molar-refractivity contribution in [2.75, 3.05) is 11.4 Å². The van der Waals surface area contributed by atoms with E-state index in [4.69, 9.17) is 21.6 Å². The summed E-state index contributed by atoms with van der Waals surface area (Å²) in [6.45, 7) is 4.95. The van der Waals surface area contributed by atoms with Gasteiger partial charge in [0.15, 0.2) is 0 Å². The van der Waals surface area contributed by atoms with Crippen LogP contribution in [-0.4, -0.2) is 29.1 Å². The number of halogens is 1. The number of aryl methyl sites for hydroxylation is 1. The summed E-state index contributed by atoms with van der Waals surface area (Å²) in [4.78, 5) is 26.4. The standard InChI is InChI=1S/C17H19ClN2O4/c1-17(2,3)24-16(23)11-5-4-10-8-12(18)14(21)9-13(10)20(7-6-19)15(11)22/h8-9,11,21H,4-5,7H2,1-3H3. The number of nitriles is 1. The first-order chi connectivity index (χ1) is 11.1. The number of carbonyl (C=O) groups excluding carboxylic acids is 2. The molecule has 1 atom stereocenters. The van der Waals surface area contributed by atoms with Gasteiger partial charge in [-0.2, -0.15) is 5.26 Å². The number of nitrogens with zero attached hydrogens (tertiary/aromatic N) is 2. The van der Waals surface area contributed by atoms with Gasteiger partial charge in [0.2, 0.25) is 5.91 Å². The second kappa shape index (κ2) is 6.70. The molecule has 6 nitrogen and oxygen atoms in total. The molecule has 1 amide bonds.